The summed E-state index contributed by atoms with van der Waals surface area (Å²) < 4.78 is 49.5. The first-order valence-electron chi connectivity index (χ1n) is 4.72. The Morgan fingerprint density at radius 3 is 2.44 bits per heavy atom. The molecule has 1 aromatic carbocycles. The molecule has 1 rings (SSSR count). The molecule has 0 bridgehead atoms. The first-order chi connectivity index (χ1) is 8.32. The highest BCUT2D eigenvalue weighted by Gasteiger charge is 2.20. The molecule has 18 heavy (non-hydrogen) atoms. The Morgan fingerprint density at radius 1 is 1.33 bits per heavy atom. The van der Waals surface area contributed by atoms with Gasteiger partial charge < -0.3 is 10.4 Å². The highest BCUT2D eigenvalue weighted by atomic mass is 35.5. The van der Waals surface area contributed by atoms with Crippen LogP contribution < -0.4 is 5.32 Å². The van der Waals surface area contributed by atoms with Crippen molar-refractivity contribution in [3.63, 3.8) is 0 Å². The second kappa shape index (κ2) is 6.01. The Hall–Kier alpha value is -1.34. The van der Waals surface area contributed by atoms with Crippen molar-refractivity contribution >= 4 is 17.5 Å². The maximum atomic E-state index is 12.9. The van der Waals surface area contributed by atoms with E-state index in [4.69, 9.17) is 16.7 Å². The number of benzene rings is 1. The molecule has 0 heterocycles. The lowest BCUT2D eigenvalue weighted by atomic mass is 10.2. The van der Waals surface area contributed by atoms with Crippen LogP contribution in [0.5, 0.6) is 0 Å². The Labute approximate surface area is 104 Å². The average molecular weight is 286 g/mol. The molecule has 0 aliphatic carbocycles. The van der Waals surface area contributed by atoms with E-state index in [0.29, 0.717) is 12.1 Å². The van der Waals surface area contributed by atoms with Crippen LogP contribution in [-0.2, 0) is 0 Å². The van der Waals surface area contributed by atoms with Gasteiger partial charge in [-0.15, -0.1) is 0 Å². The van der Waals surface area contributed by atoms with Gasteiger partial charge in [0.2, 0.25) is 0 Å². The third-order valence-electron chi connectivity index (χ3n) is 2.02. The molecule has 0 fully saturated rings. The van der Waals surface area contributed by atoms with Crippen molar-refractivity contribution in [1.29, 1.82) is 0 Å². The number of hydrogen-bond acceptors (Lipinski definition) is 2. The van der Waals surface area contributed by atoms with E-state index in [1.807, 2.05) is 5.32 Å². The summed E-state index contributed by atoms with van der Waals surface area (Å²) in [5.41, 5.74) is -0.406. The van der Waals surface area contributed by atoms with Crippen LogP contribution in [0, 0.1) is 11.6 Å². The lowest BCUT2D eigenvalue weighted by Crippen LogP contribution is -2.36. The number of nitrogens with one attached hydrogen (secondary N) is 1. The number of carbonyl (C=O) groups excluding carboxylic acids is 1. The third kappa shape index (κ3) is 3.58. The minimum atomic E-state index is -3.02. The molecule has 1 aromatic rings. The molecular formula is C10H8ClF4NO2. The minimum Gasteiger partial charge on any atom is -0.385 e. The summed E-state index contributed by atoms with van der Waals surface area (Å²) in [6.07, 6.45) is -5.07. The van der Waals surface area contributed by atoms with Crippen molar-refractivity contribution < 1.29 is 27.5 Å². The smallest absolute Gasteiger partial charge is 0.265 e. The van der Waals surface area contributed by atoms with E-state index in [-0.39, 0.29) is 5.02 Å². The Morgan fingerprint density at radius 2 is 1.89 bits per heavy atom. The molecule has 1 atom stereocenters. The molecule has 0 aliphatic rings. The standard InChI is InChI=1S/C10H8ClF4NO2/c11-5-2-7(13)6(12)1-4(5)10(18)16-3-8(17)9(14)15/h1-2,8-9,17H,3H2,(H,16,18). The molecule has 0 aromatic heterocycles. The van der Waals surface area contributed by atoms with Gasteiger partial charge in [-0.3, -0.25) is 4.79 Å². The van der Waals surface area contributed by atoms with Crippen LogP contribution in [0.2, 0.25) is 5.02 Å². The third-order valence-corrected chi connectivity index (χ3v) is 2.33. The lowest BCUT2D eigenvalue weighted by Gasteiger charge is -2.11. The number of aliphatic hydroxyl groups is 1. The van der Waals surface area contributed by atoms with E-state index in [1.54, 1.807) is 0 Å². The van der Waals surface area contributed by atoms with Crippen LogP contribution in [0.25, 0.3) is 0 Å². The van der Waals surface area contributed by atoms with E-state index >= 15 is 0 Å². The van der Waals surface area contributed by atoms with Gasteiger partial charge in [-0.05, 0) is 12.1 Å². The van der Waals surface area contributed by atoms with E-state index in [9.17, 15) is 22.4 Å². The zero-order chi connectivity index (χ0) is 13.9. The molecule has 0 saturated heterocycles. The summed E-state index contributed by atoms with van der Waals surface area (Å²) in [4.78, 5) is 11.4. The molecule has 3 nitrogen and oxygen atoms in total. The molecule has 100 valence electrons. The molecule has 0 aliphatic heterocycles. The normalized spacial score (nSPS) is 12.6. The van der Waals surface area contributed by atoms with Gasteiger partial charge >= 0.3 is 0 Å². The van der Waals surface area contributed by atoms with Crippen molar-refractivity contribution in [2.75, 3.05) is 6.54 Å². The summed E-state index contributed by atoms with van der Waals surface area (Å²) in [5.74, 6) is -3.51. The predicted molar refractivity (Wildman–Crippen MR) is 55.7 cm³/mol. The average Bonchev–Trinajstić information content (AvgIpc) is 2.30. The minimum absolute atomic E-state index is 0.363. The monoisotopic (exact) mass is 285 g/mol. The summed E-state index contributed by atoms with van der Waals surface area (Å²) in [6, 6.07) is 1.14. The Balaban J connectivity index is 2.76. The SMILES string of the molecule is O=C(NCC(O)C(F)F)c1cc(F)c(F)cc1Cl. The van der Waals surface area contributed by atoms with Crippen LogP contribution in [0.4, 0.5) is 17.6 Å². The highest BCUT2D eigenvalue weighted by Crippen LogP contribution is 2.19. The quantitative estimate of drug-likeness (QED) is 0.656. The van der Waals surface area contributed by atoms with Crippen LogP contribution in [0.15, 0.2) is 12.1 Å². The molecule has 1 unspecified atom stereocenters. The number of alkyl halides is 2. The fourth-order valence-electron chi connectivity index (χ4n) is 1.08. The Bertz CT molecular complexity index is 456. The highest BCUT2D eigenvalue weighted by molar-refractivity contribution is 6.33. The predicted octanol–water partition coefficient (Wildman–Crippen LogP) is 1.97. The first-order valence-corrected chi connectivity index (χ1v) is 5.09. The molecule has 8 heteroatoms. The second-order valence-electron chi connectivity index (χ2n) is 3.36. The molecule has 0 spiro atoms. The van der Waals surface area contributed by atoms with E-state index in [2.05, 4.69) is 0 Å². The molecule has 0 saturated carbocycles. The van der Waals surface area contributed by atoms with Crippen LogP contribution in [-0.4, -0.2) is 30.1 Å². The van der Waals surface area contributed by atoms with Crippen molar-refractivity contribution in [1.82, 2.24) is 5.32 Å². The maximum Gasteiger partial charge on any atom is 0.265 e. The van der Waals surface area contributed by atoms with Gasteiger partial charge in [0.15, 0.2) is 11.6 Å². The van der Waals surface area contributed by atoms with Gasteiger partial charge in [-0.2, -0.15) is 0 Å². The maximum absolute atomic E-state index is 12.9. The van der Waals surface area contributed by atoms with E-state index in [1.165, 1.54) is 0 Å². The molecular weight excluding hydrogens is 278 g/mol. The van der Waals surface area contributed by atoms with Crippen molar-refractivity contribution in [2.24, 2.45) is 0 Å². The number of amides is 1. The van der Waals surface area contributed by atoms with Gasteiger partial charge in [0.1, 0.15) is 6.10 Å². The number of hydrogen-bond donors (Lipinski definition) is 2. The van der Waals surface area contributed by atoms with Crippen LogP contribution >= 0.6 is 11.6 Å². The summed E-state index contributed by atoms with van der Waals surface area (Å²) in [5, 5.41) is 10.3. The van der Waals surface area contributed by atoms with Gasteiger partial charge in [0.25, 0.3) is 12.3 Å². The van der Waals surface area contributed by atoms with Crippen LogP contribution in [0.3, 0.4) is 0 Å². The fourth-order valence-corrected chi connectivity index (χ4v) is 1.31. The molecule has 2 N–H and O–H groups in total. The van der Waals surface area contributed by atoms with Crippen LogP contribution in [0.1, 0.15) is 10.4 Å². The second-order valence-corrected chi connectivity index (χ2v) is 3.77. The van der Waals surface area contributed by atoms with E-state index in [0.717, 1.165) is 0 Å². The van der Waals surface area contributed by atoms with Crippen molar-refractivity contribution in [2.45, 2.75) is 12.5 Å². The Kier molecular flexibility index (Phi) is 4.92. The molecule has 0 radical (unpaired) electrons. The van der Waals surface area contributed by atoms with Gasteiger partial charge in [-0.1, -0.05) is 11.6 Å². The zero-order valence-corrected chi connectivity index (χ0v) is 9.52. The number of aliphatic hydroxyl groups excluding tert-OH is 1. The largest absolute Gasteiger partial charge is 0.385 e. The summed E-state index contributed by atoms with van der Waals surface area (Å²) in [6.45, 7) is -0.730. The van der Waals surface area contributed by atoms with Crippen molar-refractivity contribution in [3.8, 4) is 0 Å². The molecule has 1 amide bonds. The summed E-state index contributed by atoms with van der Waals surface area (Å²) in [7, 11) is 0. The number of rotatable bonds is 4. The van der Waals surface area contributed by atoms with Gasteiger partial charge in [-0.25, -0.2) is 17.6 Å². The number of carbonyl (C=O) groups is 1. The lowest BCUT2D eigenvalue weighted by molar-refractivity contribution is -0.00270. The van der Waals surface area contributed by atoms with E-state index < -0.39 is 42.2 Å². The first kappa shape index (κ1) is 14.7. The fraction of sp³-hybridized carbons (Fsp3) is 0.300. The van der Waals surface area contributed by atoms with Gasteiger partial charge in [0.05, 0.1) is 10.6 Å². The summed E-state index contributed by atoms with van der Waals surface area (Å²) >= 11 is 5.50. The van der Waals surface area contributed by atoms with Crippen molar-refractivity contribution in [3.05, 3.63) is 34.4 Å². The zero-order valence-electron chi connectivity index (χ0n) is 8.76. The number of halogens is 5. The van der Waals surface area contributed by atoms with Gasteiger partial charge in [0, 0.05) is 6.54 Å². The topological polar surface area (TPSA) is 49.3 Å².